The minimum atomic E-state index is -0.0901. The van der Waals surface area contributed by atoms with E-state index in [0.29, 0.717) is 6.61 Å². The molecule has 2 aromatic carbocycles. The maximum atomic E-state index is 9.59. The zero-order valence-electron chi connectivity index (χ0n) is 14.5. The van der Waals surface area contributed by atoms with Gasteiger partial charge in [-0.15, -0.1) is 0 Å². The van der Waals surface area contributed by atoms with Crippen LogP contribution in [0.3, 0.4) is 0 Å². The molecule has 0 aromatic heterocycles. The molecule has 0 bridgehead atoms. The third-order valence-electron chi connectivity index (χ3n) is 4.80. The molecule has 134 valence electrons. The summed E-state index contributed by atoms with van der Waals surface area (Å²) in [5.41, 5.74) is 2.64. The predicted molar refractivity (Wildman–Crippen MR) is 105 cm³/mol. The lowest BCUT2D eigenvalue weighted by molar-refractivity contribution is 0.0821. The second-order valence-electron chi connectivity index (χ2n) is 6.69. The van der Waals surface area contributed by atoms with Gasteiger partial charge in [0, 0.05) is 17.6 Å². The summed E-state index contributed by atoms with van der Waals surface area (Å²) in [6.07, 6.45) is 3.95. The van der Waals surface area contributed by atoms with Gasteiger partial charge in [-0.25, -0.2) is 0 Å². The van der Waals surface area contributed by atoms with Crippen LogP contribution in [0.1, 0.15) is 30.4 Å². The molecule has 1 fully saturated rings. The van der Waals surface area contributed by atoms with Crippen LogP contribution in [0.5, 0.6) is 5.75 Å². The van der Waals surface area contributed by atoms with Gasteiger partial charge in [0.1, 0.15) is 12.4 Å². The highest BCUT2D eigenvalue weighted by Gasteiger charge is 2.16. The summed E-state index contributed by atoms with van der Waals surface area (Å²) in [5.74, 6) is 0.893. The average Bonchev–Trinajstić information content (AvgIpc) is 2.64. The van der Waals surface area contributed by atoms with E-state index in [1.54, 1.807) is 0 Å². The zero-order chi connectivity index (χ0) is 17.5. The Labute approximate surface area is 158 Å². The Kier molecular flexibility index (Phi) is 6.91. The Morgan fingerprint density at radius 3 is 2.40 bits per heavy atom. The molecule has 0 unspecified atom stereocenters. The number of rotatable bonds is 7. The molecule has 2 aromatic rings. The van der Waals surface area contributed by atoms with Gasteiger partial charge in [0.25, 0.3) is 0 Å². The summed E-state index contributed by atoms with van der Waals surface area (Å²) in [4.78, 5) is 2.47. The minimum Gasteiger partial charge on any atom is -0.489 e. The Hall–Kier alpha value is -1.36. The van der Waals surface area contributed by atoms with Gasteiger partial charge >= 0.3 is 0 Å². The Morgan fingerprint density at radius 2 is 1.68 bits per heavy atom. The van der Waals surface area contributed by atoms with Crippen LogP contribution in [-0.4, -0.2) is 35.7 Å². The number of hydrogen-bond donors (Lipinski definition) is 1. The summed E-state index contributed by atoms with van der Waals surface area (Å²) in [6.45, 7) is 3.76. The van der Waals surface area contributed by atoms with E-state index in [9.17, 15) is 5.11 Å². The number of benzene rings is 2. The number of aliphatic hydroxyl groups excluding tert-OH is 1. The number of ether oxygens (including phenoxy) is 1. The minimum absolute atomic E-state index is 0.0901. The first-order chi connectivity index (χ1) is 12.2. The predicted octanol–water partition coefficient (Wildman–Crippen LogP) is 4.42. The summed E-state index contributed by atoms with van der Waals surface area (Å²) in [7, 11) is 0. The van der Waals surface area contributed by atoms with E-state index in [1.807, 2.05) is 24.3 Å². The van der Waals surface area contributed by atoms with Crippen molar-refractivity contribution in [1.82, 2.24) is 4.90 Å². The monoisotopic (exact) mass is 403 g/mol. The smallest absolute Gasteiger partial charge is 0.119 e. The molecule has 1 N–H and O–H groups in total. The SMILES string of the molecule is OC1CCN(CCCc2ccccc2COc2ccc(Br)cc2)CC1. The highest BCUT2D eigenvalue weighted by atomic mass is 79.9. The number of aryl methyl sites for hydroxylation is 1. The molecule has 0 saturated carbocycles. The first kappa shape index (κ1) is 18.4. The lowest BCUT2D eigenvalue weighted by atomic mass is 10.0. The quantitative estimate of drug-likeness (QED) is 0.742. The number of likely N-dealkylation sites (tertiary alicyclic amines) is 1. The van der Waals surface area contributed by atoms with Gasteiger partial charge in [-0.2, -0.15) is 0 Å². The van der Waals surface area contributed by atoms with E-state index in [-0.39, 0.29) is 6.10 Å². The van der Waals surface area contributed by atoms with Gasteiger partial charge in [0.05, 0.1) is 6.10 Å². The zero-order valence-corrected chi connectivity index (χ0v) is 16.1. The van der Waals surface area contributed by atoms with Gasteiger partial charge in [-0.1, -0.05) is 40.2 Å². The van der Waals surface area contributed by atoms with Crippen molar-refractivity contribution in [3.63, 3.8) is 0 Å². The molecule has 25 heavy (non-hydrogen) atoms. The average molecular weight is 404 g/mol. The molecule has 1 heterocycles. The molecule has 1 saturated heterocycles. The molecule has 3 nitrogen and oxygen atoms in total. The Balaban J connectivity index is 1.49. The largest absolute Gasteiger partial charge is 0.489 e. The normalized spacial score (nSPS) is 16.1. The highest BCUT2D eigenvalue weighted by molar-refractivity contribution is 9.10. The molecule has 4 heteroatoms. The standard InChI is InChI=1S/C21H26BrNO2/c22-19-7-9-21(10-8-19)25-16-18-5-2-1-4-17(18)6-3-13-23-14-11-20(24)12-15-23/h1-2,4-5,7-10,20,24H,3,6,11-16H2. The lowest BCUT2D eigenvalue weighted by Gasteiger charge is -2.29. The van der Waals surface area contributed by atoms with Gasteiger partial charge in [0.2, 0.25) is 0 Å². The molecule has 0 amide bonds. The fourth-order valence-corrected chi connectivity index (χ4v) is 3.53. The molecular weight excluding hydrogens is 378 g/mol. The number of aliphatic hydroxyl groups is 1. The maximum Gasteiger partial charge on any atom is 0.119 e. The van der Waals surface area contributed by atoms with Crippen molar-refractivity contribution in [3.8, 4) is 5.75 Å². The van der Waals surface area contributed by atoms with E-state index >= 15 is 0 Å². The van der Waals surface area contributed by atoms with Crippen molar-refractivity contribution < 1.29 is 9.84 Å². The summed E-state index contributed by atoms with van der Waals surface area (Å²) < 4.78 is 7.00. The van der Waals surface area contributed by atoms with E-state index in [1.165, 1.54) is 11.1 Å². The van der Waals surface area contributed by atoms with E-state index in [4.69, 9.17) is 4.74 Å². The van der Waals surface area contributed by atoms with Crippen molar-refractivity contribution >= 4 is 15.9 Å². The molecule has 0 radical (unpaired) electrons. The van der Waals surface area contributed by atoms with Crippen LogP contribution in [0.2, 0.25) is 0 Å². The lowest BCUT2D eigenvalue weighted by Crippen LogP contribution is -2.36. The molecule has 3 rings (SSSR count). The van der Waals surface area contributed by atoms with Crippen molar-refractivity contribution in [1.29, 1.82) is 0 Å². The molecule has 0 atom stereocenters. The van der Waals surface area contributed by atoms with Crippen LogP contribution in [0.4, 0.5) is 0 Å². The van der Waals surface area contributed by atoms with Gasteiger partial charge in [-0.05, 0) is 67.6 Å². The van der Waals surface area contributed by atoms with E-state index < -0.39 is 0 Å². The van der Waals surface area contributed by atoms with Crippen LogP contribution in [0.15, 0.2) is 53.0 Å². The summed E-state index contributed by atoms with van der Waals surface area (Å²) >= 11 is 3.44. The van der Waals surface area contributed by atoms with Crippen LogP contribution >= 0.6 is 15.9 Å². The highest BCUT2D eigenvalue weighted by Crippen LogP contribution is 2.19. The number of nitrogens with zero attached hydrogens (tertiary/aromatic N) is 1. The molecule has 1 aliphatic heterocycles. The Morgan fingerprint density at radius 1 is 1.00 bits per heavy atom. The van der Waals surface area contributed by atoms with Crippen LogP contribution in [0, 0.1) is 0 Å². The van der Waals surface area contributed by atoms with Gasteiger partial charge < -0.3 is 14.7 Å². The fraction of sp³-hybridized carbons (Fsp3) is 0.429. The topological polar surface area (TPSA) is 32.7 Å². The van der Waals surface area contributed by atoms with Crippen LogP contribution < -0.4 is 4.74 Å². The molecular formula is C21H26BrNO2. The first-order valence-electron chi connectivity index (χ1n) is 9.06. The Bertz CT molecular complexity index is 651. The summed E-state index contributed by atoms with van der Waals surface area (Å²) in [5, 5.41) is 9.59. The third kappa shape index (κ3) is 5.84. The molecule has 0 spiro atoms. The second kappa shape index (κ2) is 9.37. The number of halogens is 1. The van der Waals surface area contributed by atoms with Crippen molar-refractivity contribution in [3.05, 3.63) is 64.1 Å². The summed E-state index contributed by atoms with van der Waals surface area (Å²) in [6, 6.07) is 16.5. The fourth-order valence-electron chi connectivity index (χ4n) is 3.27. The van der Waals surface area contributed by atoms with Gasteiger partial charge in [-0.3, -0.25) is 0 Å². The maximum absolute atomic E-state index is 9.59. The second-order valence-corrected chi connectivity index (χ2v) is 7.60. The van der Waals surface area contributed by atoms with Crippen molar-refractivity contribution in [2.75, 3.05) is 19.6 Å². The first-order valence-corrected chi connectivity index (χ1v) is 9.85. The van der Waals surface area contributed by atoms with E-state index in [2.05, 4.69) is 45.1 Å². The molecule has 0 aliphatic carbocycles. The number of piperidine rings is 1. The van der Waals surface area contributed by atoms with Gasteiger partial charge in [0.15, 0.2) is 0 Å². The third-order valence-corrected chi connectivity index (χ3v) is 5.33. The van der Waals surface area contributed by atoms with Crippen LogP contribution in [-0.2, 0) is 13.0 Å². The van der Waals surface area contributed by atoms with Crippen molar-refractivity contribution in [2.24, 2.45) is 0 Å². The van der Waals surface area contributed by atoms with E-state index in [0.717, 1.165) is 55.5 Å². The van der Waals surface area contributed by atoms with Crippen LogP contribution in [0.25, 0.3) is 0 Å². The molecule has 1 aliphatic rings. The van der Waals surface area contributed by atoms with Crippen molar-refractivity contribution in [2.45, 2.75) is 38.4 Å². The number of hydrogen-bond acceptors (Lipinski definition) is 3.